The third-order valence-electron chi connectivity index (χ3n) is 3.15. The highest BCUT2D eigenvalue weighted by atomic mass is 35.5. The first-order chi connectivity index (χ1) is 8.22. The maximum absolute atomic E-state index is 6.09. The lowest BCUT2D eigenvalue weighted by atomic mass is 10.1. The van der Waals surface area contributed by atoms with Gasteiger partial charge < -0.3 is 15.0 Å². The van der Waals surface area contributed by atoms with Crippen LogP contribution in [-0.4, -0.2) is 39.4 Å². The molecule has 1 fully saturated rings. The summed E-state index contributed by atoms with van der Waals surface area (Å²) in [6, 6.07) is 6.44. The molecule has 1 aromatic carbocycles. The monoisotopic (exact) mass is 254 g/mol. The number of hydrogen-bond donors (Lipinski definition) is 1. The smallest absolute Gasteiger partial charge is 0.0683 e. The fourth-order valence-electron chi connectivity index (χ4n) is 2.27. The van der Waals surface area contributed by atoms with E-state index >= 15 is 0 Å². The molecule has 1 atom stereocenters. The van der Waals surface area contributed by atoms with Crippen molar-refractivity contribution in [2.45, 2.75) is 13.0 Å². The second-order valence-corrected chi connectivity index (χ2v) is 4.85. The number of morpholine rings is 1. The minimum Gasteiger partial charge on any atom is -0.377 e. The van der Waals surface area contributed by atoms with E-state index in [1.165, 1.54) is 11.3 Å². The van der Waals surface area contributed by atoms with Gasteiger partial charge in [-0.15, -0.1) is 0 Å². The van der Waals surface area contributed by atoms with E-state index in [0.29, 0.717) is 6.04 Å². The van der Waals surface area contributed by atoms with Gasteiger partial charge in [-0.05, 0) is 31.7 Å². The van der Waals surface area contributed by atoms with Crippen LogP contribution in [0.4, 0.5) is 5.69 Å². The van der Waals surface area contributed by atoms with Gasteiger partial charge in [-0.25, -0.2) is 0 Å². The molecule has 1 heterocycles. The van der Waals surface area contributed by atoms with Crippen LogP contribution in [-0.2, 0) is 4.74 Å². The van der Waals surface area contributed by atoms with Crippen molar-refractivity contribution in [1.29, 1.82) is 0 Å². The Kier molecular flexibility index (Phi) is 4.26. The summed E-state index contributed by atoms with van der Waals surface area (Å²) in [5.74, 6) is 0. The molecule has 3 nitrogen and oxygen atoms in total. The molecule has 1 aliphatic rings. The number of ether oxygens (including phenoxy) is 1. The molecule has 1 aromatic rings. The van der Waals surface area contributed by atoms with Gasteiger partial charge in [0.05, 0.1) is 19.3 Å². The standard InChI is InChI=1S/C13H19ClN2O/c1-10-3-4-11(14)7-13(10)16-5-6-17-9-12(16)8-15-2/h3-4,7,12,15H,5-6,8-9H2,1-2H3. The molecule has 0 amide bonds. The quantitative estimate of drug-likeness (QED) is 0.894. The van der Waals surface area contributed by atoms with Gasteiger partial charge in [-0.1, -0.05) is 17.7 Å². The summed E-state index contributed by atoms with van der Waals surface area (Å²) >= 11 is 6.09. The Morgan fingerprint density at radius 1 is 1.53 bits per heavy atom. The van der Waals surface area contributed by atoms with Gasteiger partial charge in [0.15, 0.2) is 0 Å². The van der Waals surface area contributed by atoms with Gasteiger partial charge in [-0.2, -0.15) is 0 Å². The highest BCUT2D eigenvalue weighted by molar-refractivity contribution is 6.30. The number of rotatable bonds is 3. The van der Waals surface area contributed by atoms with Crippen LogP contribution in [0.15, 0.2) is 18.2 Å². The Morgan fingerprint density at radius 2 is 2.35 bits per heavy atom. The highest BCUT2D eigenvalue weighted by Gasteiger charge is 2.23. The summed E-state index contributed by atoms with van der Waals surface area (Å²) in [6.45, 7) is 5.52. The number of nitrogens with zero attached hydrogens (tertiary/aromatic N) is 1. The minimum atomic E-state index is 0.380. The van der Waals surface area contributed by atoms with E-state index in [-0.39, 0.29) is 0 Å². The number of likely N-dealkylation sites (N-methyl/N-ethyl adjacent to an activating group) is 1. The van der Waals surface area contributed by atoms with E-state index in [1.807, 2.05) is 19.2 Å². The van der Waals surface area contributed by atoms with Crippen molar-refractivity contribution in [2.24, 2.45) is 0 Å². The molecule has 1 unspecified atom stereocenters. The molecule has 17 heavy (non-hydrogen) atoms. The van der Waals surface area contributed by atoms with Crippen LogP contribution < -0.4 is 10.2 Å². The first-order valence-electron chi connectivity index (χ1n) is 5.97. The third-order valence-corrected chi connectivity index (χ3v) is 3.38. The van der Waals surface area contributed by atoms with E-state index < -0.39 is 0 Å². The fraction of sp³-hybridized carbons (Fsp3) is 0.538. The molecule has 0 aliphatic carbocycles. The van der Waals surface area contributed by atoms with Gasteiger partial charge >= 0.3 is 0 Å². The van der Waals surface area contributed by atoms with E-state index in [1.54, 1.807) is 0 Å². The molecule has 0 aromatic heterocycles. The van der Waals surface area contributed by atoms with Crippen molar-refractivity contribution in [3.05, 3.63) is 28.8 Å². The maximum Gasteiger partial charge on any atom is 0.0683 e. The van der Waals surface area contributed by atoms with Gasteiger partial charge in [0, 0.05) is 23.8 Å². The second-order valence-electron chi connectivity index (χ2n) is 4.41. The summed E-state index contributed by atoms with van der Waals surface area (Å²) in [7, 11) is 1.97. The summed E-state index contributed by atoms with van der Waals surface area (Å²) in [5.41, 5.74) is 2.48. The van der Waals surface area contributed by atoms with Crippen molar-refractivity contribution >= 4 is 17.3 Å². The topological polar surface area (TPSA) is 24.5 Å². The number of hydrogen-bond acceptors (Lipinski definition) is 3. The lowest BCUT2D eigenvalue weighted by Crippen LogP contribution is -2.50. The number of benzene rings is 1. The van der Waals surface area contributed by atoms with E-state index in [2.05, 4.69) is 23.2 Å². The first kappa shape index (κ1) is 12.7. The Hall–Kier alpha value is -0.770. The lowest BCUT2D eigenvalue weighted by Gasteiger charge is -2.38. The molecule has 1 saturated heterocycles. The van der Waals surface area contributed by atoms with Crippen LogP contribution in [0.1, 0.15) is 5.56 Å². The van der Waals surface area contributed by atoms with Gasteiger partial charge in [-0.3, -0.25) is 0 Å². The van der Waals surface area contributed by atoms with Crippen LogP contribution in [0.2, 0.25) is 5.02 Å². The number of halogens is 1. The molecule has 0 radical (unpaired) electrons. The van der Waals surface area contributed by atoms with Gasteiger partial charge in [0.2, 0.25) is 0 Å². The molecule has 0 saturated carbocycles. The average Bonchev–Trinajstić information content (AvgIpc) is 2.34. The molecular formula is C13H19ClN2O. The summed E-state index contributed by atoms with van der Waals surface area (Å²) in [6.07, 6.45) is 0. The Bertz CT molecular complexity index is 382. The van der Waals surface area contributed by atoms with Crippen molar-refractivity contribution in [1.82, 2.24) is 5.32 Å². The van der Waals surface area contributed by atoms with Crippen LogP contribution in [0.5, 0.6) is 0 Å². The average molecular weight is 255 g/mol. The Balaban J connectivity index is 2.25. The van der Waals surface area contributed by atoms with Crippen molar-refractivity contribution in [3.8, 4) is 0 Å². The summed E-state index contributed by atoms with van der Waals surface area (Å²) in [4.78, 5) is 2.39. The molecule has 0 spiro atoms. The lowest BCUT2D eigenvalue weighted by molar-refractivity contribution is 0.0943. The van der Waals surface area contributed by atoms with Crippen LogP contribution in [0.3, 0.4) is 0 Å². The molecule has 0 bridgehead atoms. The van der Waals surface area contributed by atoms with Gasteiger partial charge in [0.1, 0.15) is 0 Å². The van der Waals surface area contributed by atoms with Crippen LogP contribution >= 0.6 is 11.6 Å². The molecule has 1 N–H and O–H groups in total. The molecule has 94 valence electrons. The second kappa shape index (κ2) is 5.71. The van der Waals surface area contributed by atoms with E-state index in [9.17, 15) is 0 Å². The van der Waals surface area contributed by atoms with E-state index in [0.717, 1.165) is 31.3 Å². The predicted molar refractivity (Wildman–Crippen MR) is 72.1 cm³/mol. The summed E-state index contributed by atoms with van der Waals surface area (Å²) in [5, 5.41) is 4.01. The SMILES string of the molecule is CNCC1COCCN1c1cc(Cl)ccc1C. The zero-order valence-corrected chi connectivity index (χ0v) is 11.1. The maximum atomic E-state index is 6.09. The van der Waals surface area contributed by atoms with Crippen LogP contribution in [0.25, 0.3) is 0 Å². The molecule has 4 heteroatoms. The van der Waals surface area contributed by atoms with Crippen molar-refractivity contribution in [3.63, 3.8) is 0 Å². The first-order valence-corrected chi connectivity index (χ1v) is 6.35. The normalized spacial score (nSPS) is 20.6. The minimum absolute atomic E-state index is 0.380. The number of nitrogens with one attached hydrogen (secondary N) is 1. The largest absolute Gasteiger partial charge is 0.377 e. The number of aryl methyl sites for hydroxylation is 1. The van der Waals surface area contributed by atoms with Gasteiger partial charge in [0.25, 0.3) is 0 Å². The molecule has 2 rings (SSSR count). The zero-order chi connectivity index (χ0) is 12.3. The fourth-order valence-corrected chi connectivity index (χ4v) is 2.44. The molecule has 1 aliphatic heterocycles. The van der Waals surface area contributed by atoms with Crippen LogP contribution in [0, 0.1) is 6.92 Å². The highest BCUT2D eigenvalue weighted by Crippen LogP contribution is 2.27. The third kappa shape index (κ3) is 2.92. The van der Waals surface area contributed by atoms with Crippen molar-refractivity contribution < 1.29 is 4.74 Å². The number of anilines is 1. The Labute approximate surface area is 108 Å². The van der Waals surface area contributed by atoms with Crippen molar-refractivity contribution in [2.75, 3.05) is 38.3 Å². The summed E-state index contributed by atoms with van der Waals surface area (Å²) < 4.78 is 5.54. The Morgan fingerprint density at radius 3 is 3.12 bits per heavy atom. The zero-order valence-electron chi connectivity index (χ0n) is 10.4. The molecular weight excluding hydrogens is 236 g/mol. The van der Waals surface area contributed by atoms with E-state index in [4.69, 9.17) is 16.3 Å². The predicted octanol–water partition coefficient (Wildman–Crippen LogP) is 2.07.